The van der Waals surface area contributed by atoms with Crippen molar-refractivity contribution in [3.05, 3.63) is 83.6 Å². The van der Waals surface area contributed by atoms with Crippen LogP contribution in [0.2, 0.25) is 0 Å². The first-order valence-corrected chi connectivity index (χ1v) is 9.77. The summed E-state index contributed by atoms with van der Waals surface area (Å²) in [6.07, 6.45) is 3.86. The van der Waals surface area contributed by atoms with Crippen LogP contribution in [0.1, 0.15) is 24.0 Å². The molecule has 0 aromatic heterocycles. The Morgan fingerprint density at radius 2 is 1.86 bits per heavy atom. The molecule has 1 atom stereocenters. The molecule has 0 bridgehead atoms. The highest BCUT2D eigenvalue weighted by Gasteiger charge is 2.33. The number of nitrogens with one attached hydrogen (secondary N) is 1. The standard InChI is InChI=1S/C24H22N2O2/c27-24(28-16-17-7-2-1-3-8-17)26-14-6-13-22(26)21-15-19-11-4-9-18-10-5-12-20(25-21)23(18)19/h1-5,7-12,15,22,25H,6,13-14,16H2. The molecule has 3 aromatic rings. The average molecular weight is 370 g/mol. The van der Waals surface area contributed by atoms with E-state index in [0.29, 0.717) is 6.61 Å². The number of nitrogens with zero attached hydrogens (tertiary/aromatic N) is 1. The Morgan fingerprint density at radius 3 is 2.71 bits per heavy atom. The van der Waals surface area contributed by atoms with E-state index < -0.39 is 0 Å². The van der Waals surface area contributed by atoms with Crippen molar-refractivity contribution in [1.29, 1.82) is 0 Å². The van der Waals surface area contributed by atoms with Crippen LogP contribution >= 0.6 is 0 Å². The lowest BCUT2D eigenvalue weighted by molar-refractivity contribution is 0.0965. The molecule has 1 unspecified atom stereocenters. The highest BCUT2D eigenvalue weighted by atomic mass is 16.6. The first kappa shape index (κ1) is 16.9. The largest absolute Gasteiger partial charge is 0.445 e. The lowest BCUT2D eigenvalue weighted by atomic mass is 9.96. The van der Waals surface area contributed by atoms with Crippen molar-refractivity contribution in [2.24, 2.45) is 0 Å². The van der Waals surface area contributed by atoms with Gasteiger partial charge in [0.25, 0.3) is 0 Å². The summed E-state index contributed by atoms with van der Waals surface area (Å²) in [6, 6.07) is 22.5. The summed E-state index contributed by atoms with van der Waals surface area (Å²) in [6.45, 7) is 1.03. The topological polar surface area (TPSA) is 41.6 Å². The molecule has 0 spiro atoms. The van der Waals surface area contributed by atoms with E-state index in [2.05, 4.69) is 47.8 Å². The second-order valence-corrected chi connectivity index (χ2v) is 7.37. The minimum Gasteiger partial charge on any atom is -0.445 e. The molecule has 140 valence electrons. The second kappa shape index (κ2) is 7.04. The fourth-order valence-corrected chi connectivity index (χ4v) is 4.24. The van der Waals surface area contributed by atoms with Gasteiger partial charge in [-0.15, -0.1) is 0 Å². The fourth-order valence-electron chi connectivity index (χ4n) is 4.24. The molecular formula is C24H22N2O2. The molecule has 3 aromatic carbocycles. The van der Waals surface area contributed by atoms with Crippen molar-refractivity contribution in [2.75, 3.05) is 11.9 Å². The van der Waals surface area contributed by atoms with Crippen LogP contribution in [0.25, 0.3) is 16.8 Å². The zero-order valence-electron chi connectivity index (χ0n) is 15.6. The summed E-state index contributed by atoms with van der Waals surface area (Å²) in [7, 11) is 0. The summed E-state index contributed by atoms with van der Waals surface area (Å²) in [5, 5.41) is 6.04. The third kappa shape index (κ3) is 3.01. The Kier molecular flexibility index (Phi) is 4.24. The molecule has 4 heteroatoms. The van der Waals surface area contributed by atoms with Crippen molar-refractivity contribution in [3.63, 3.8) is 0 Å². The molecule has 1 saturated heterocycles. The molecule has 28 heavy (non-hydrogen) atoms. The van der Waals surface area contributed by atoms with Crippen LogP contribution in [0.5, 0.6) is 0 Å². The van der Waals surface area contributed by atoms with E-state index in [1.165, 1.54) is 16.3 Å². The molecule has 1 amide bonds. The number of rotatable bonds is 3. The van der Waals surface area contributed by atoms with Gasteiger partial charge in [0.15, 0.2) is 0 Å². The number of hydrogen-bond acceptors (Lipinski definition) is 3. The molecule has 1 fully saturated rings. The van der Waals surface area contributed by atoms with Gasteiger partial charge < -0.3 is 10.1 Å². The van der Waals surface area contributed by atoms with E-state index >= 15 is 0 Å². The average Bonchev–Trinajstić information content (AvgIpc) is 3.23. The van der Waals surface area contributed by atoms with Crippen molar-refractivity contribution < 1.29 is 9.53 Å². The number of benzene rings is 3. The van der Waals surface area contributed by atoms with Crippen LogP contribution in [-0.4, -0.2) is 23.6 Å². The van der Waals surface area contributed by atoms with Crippen LogP contribution < -0.4 is 5.32 Å². The van der Waals surface area contributed by atoms with Crippen LogP contribution in [0.4, 0.5) is 10.5 Å². The number of carbonyl (C=O) groups excluding carboxylic acids is 1. The first-order valence-electron chi connectivity index (χ1n) is 9.77. The number of carbonyl (C=O) groups is 1. The molecule has 4 nitrogen and oxygen atoms in total. The molecule has 2 aliphatic heterocycles. The van der Waals surface area contributed by atoms with Crippen molar-refractivity contribution in [1.82, 2.24) is 4.90 Å². The highest BCUT2D eigenvalue weighted by Crippen LogP contribution is 2.36. The van der Waals surface area contributed by atoms with E-state index in [1.54, 1.807) is 0 Å². The predicted molar refractivity (Wildman–Crippen MR) is 112 cm³/mol. The van der Waals surface area contributed by atoms with Gasteiger partial charge in [-0.1, -0.05) is 60.7 Å². The first-order chi connectivity index (χ1) is 13.8. The molecule has 0 aliphatic carbocycles. The molecule has 0 saturated carbocycles. The van der Waals surface area contributed by atoms with Gasteiger partial charge in [0, 0.05) is 23.3 Å². The number of ether oxygens (including phenoxy) is 1. The van der Waals surface area contributed by atoms with E-state index in [1.807, 2.05) is 35.2 Å². The Balaban J connectivity index is 1.37. The molecule has 0 radical (unpaired) electrons. The summed E-state index contributed by atoms with van der Waals surface area (Å²) in [5.41, 5.74) is 4.38. The Bertz CT molecular complexity index is 1050. The maximum Gasteiger partial charge on any atom is 0.410 e. The zero-order valence-corrected chi connectivity index (χ0v) is 15.6. The number of anilines is 1. The van der Waals surface area contributed by atoms with Gasteiger partial charge >= 0.3 is 6.09 Å². The summed E-state index contributed by atoms with van der Waals surface area (Å²) < 4.78 is 5.59. The number of hydrogen-bond donors (Lipinski definition) is 1. The van der Waals surface area contributed by atoms with Crippen LogP contribution in [0, 0.1) is 0 Å². The third-order valence-corrected chi connectivity index (χ3v) is 5.58. The maximum atomic E-state index is 12.8. The molecule has 1 N–H and O–H groups in total. The van der Waals surface area contributed by atoms with Gasteiger partial charge in [-0.2, -0.15) is 0 Å². The van der Waals surface area contributed by atoms with Gasteiger partial charge in [-0.25, -0.2) is 4.79 Å². The zero-order chi connectivity index (χ0) is 18.9. The minimum absolute atomic E-state index is 0.0203. The fraction of sp³-hybridized carbons (Fsp3) is 0.208. The van der Waals surface area contributed by atoms with Gasteiger partial charge in [-0.05, 0) is 41.5 Å². The Hall–Kier alpha value is -3.27. The van der Waals surface area contributed by atoms with E-state index in [-0.39, 0.29) is 12.1 Å². The van der Waals surface area contributed by atoms with Crippen LogP contribution in [0.15, 0.2) is 72.4 Å². The summed E-state index contributed by atoms with van der Waals surface area (Å²) in [5.74, 6) is 0. The molecular weight excluding hydrogens is 348 g/mol. The molecule has 5 rings (SSSR count). The second-order valence-electron chi connectivity index (χ2n) is 7.37. The maximum absolute atomic E-state index is 12.8. The monoisotopic (exact) mass is 370 g/mol. The van der Waals surface area contributed by atoms with E-state index in [4.69, 9.17) is 4.74 Å². The van der Waals surface area contributed by atoms with Gasteiger partial charge in [0.05, 0.1) is 6.04 Å². The van der Waals surface area contributed by atoms with Crippen LogP contribution in [-0.2, 0) is 11.3 Å². The van der Waals surface area contributed by atoms with Gasteiger partial charge in [-0.3, -0.25) is 4.90 Å². The van der Waals surface area contributed by atoms with Crippen molar-refractivity contribution in [3.8, 4) is 0 Å². The van der Waals surface area contributed by atoms with E-state index in [9.17, 15) is 4.79 Å². The van der Waals surface area contributed by atoms with Gasteiger partial charge in [0.2, 0.25) is 0 Å². The van der Waals surface area contributed by atoms with Crippen LogP contribution in [0.3, 0.4) is 0 Å². The number of likely N-dealkylation sites (tertiary alicyclic amines) is 1. The SMILES string of the molecule is O=C(OCc1ccccc1)N1CCCC1C1=Cc2cccc3cccc(c23)N1. The quantitative estimate of drug-likeness (QED) is 0.670. The van der Waals surface area contributed by atoms with Crippen molar-refractivity contribution in [2.45, 2.75) is 25.5 Å². The smallest absolute Gasteiger partial charge is 0.410 e. The highest BCUT2D eigenvalue weighted by molar-refractivity contribution is 6.03. The summed E-state index contributed by atoms with van der Waals surface area (Å²) >= 11 is 0. The number of amides is 1. The Labute approximate surface area is 164 Å². The third-order valence-electron chi connectivity index (χ3n) is 5.58. The van der Waals surface area contributed by atoms with E-state index in [0.717, 1.165) is 36.3 Å². The molecule has 2 aliphatic rings. The van der Waals surface area contributed by atoms with Crippen molar-refractivity contribution >= 4 is 28.6 Å². The lowest BCUT2D eigenvalue weighted by Gasteiger charge is -2.29. The summed E-state index contributed by atoms with van der Waals surface area (Å²) in [4.78, 5) is 14.6. The molecule has 2 heterocycles. The Morgan fingerprint density at radius 1 is 1.04 bits per heavy atom. The van der Waals surface area contributed by atoms with Gasteiger partial charge in [0.1, 0.15) is 6.61 Å². The minimum atomic E-state index is -0.244. The predicted octanol–water partition coefficient (Wildman–Crippen LogP) is 5.41. The normalized spacial score (nSPS) is 17.9. The lowest BCUT2D eigenvalue weighted by Crippen LogP contribution is -2.39.